The van der Waals surface area contributed by atoms with Gasteiger partial charge in [-0.2, -0.15) is 0 Å². The van der Waals surface area contributed by atoms with Crippen LogP contribution in [0.2, 0.25) is 0 Å². The van der Waals surface area contributed by atoms with Crippen molar-refractivity contribution in [2.24, 2.45) is 0 Å². The lowest BCUT2D eigenvalue weighted by molar-refractivity contribution is 0.662. The summed E-state index contributed by atoms with van der Waals surface area (Å²) in [5, 5.41) is 12.5. The summed E-state index contributed by atoms with van der Waals surface area (Å²) in [5.41, 5.74) is 8.98. The fourth-order valence-corrected chi connectivity index (χ4v) is 8.00. The van der Waals surface area contributed by atoms with Crippen LogP contribution >= 0.6 is 0 Å². The smallest absolute Gasteiger partial charge is 0.136 e. The first kappa shape index (κ1) is 26.4. The average Bonchev–Trinajstić information content (AvgIpc) is 3.70. The summed E-state index contributed by atoms with van der Waals surface area (Å²) in [6.07, 6.45) is 2.96. The van der Waals surface area contributed by atoms with E-state index in [1.165, 1.54) is 60.0 Å². The highest BCUT2D eigenvalue weighted by Gasteiger charge is 2.19. The van der Waals surface area contributed by atoms with Crippen LogP contribution in [0.3, 0.4) is 0 Å². The maximum absolute atomic E-state index is 6.44. The van der Waals surface area contributed by atoms with Crippen LogP contribution in [0.4, 0.5) is 0 Å². The van der Waals surface area contributed by atoms with Crippen LogP contribution in [0, 0.1) is 0 Å². The molecule has 2 heteroatoms. The number of rotatable bonds is 5. The zero-order chi connectivity index (χ0) is 30.9. The molecule has 0 saturated heterocycles. The van der Waals surface area contributed by atoms with Gasteiger partial charge in [-0.15, -0.1) is 0 Å². The van der Waals surface area contributed by atoms with Crippen LogP contribution in [0.1, 0.15) is 17.5 Å². The van der Waals surface area contributed by atoms with Gasteiger partial charge in [0.2, 0.25) is 0 Å². The van der Waals surface area contributed by atoms with Crippen molar-refractivity contribution in [3.8, 4) is 11.1 Å². The Morgan fingerprint density at radius 3 is 1.77 bits per heavy atom. The van der Waals surface area contributed by atoms with E-state index < -0.39 is 0 Å². The predicted octanol–water partition coefficient (Wildman–Crippen LogP) is 12.8. The number of para-hydroxylation sites is 1. The van der Waals surface area contributed by atoms with E-state index in [-0.39, 0.29) is 0 Å². The largest absolute Gasteiger partial charge is 0.456 e. The van der Waals surface area contributed by atoms with Gasteiger partial charge in [0.15, 0.2) is 0 Å². The van der Waals surface area contributed by atoms with E-state index in [0.717, 1.165) is 57.8 Å². The molecular weight excluding hydrogens is 572 g/mol. The van der Waals surface area contributed by atoms with Gasteiger partial charge in [0.25, 0.3) is 0 Å². The Bertz CT molecular complexity index is 2770. The minimum absolute atomic E-state index is 0.903. The summed E-state index contributed by atoms with van der Waals surface area (Å²) >= 11 is 0. The maximum Gasteiger partial charge on any atom is 0.136 e. The van der Waals surface area contributed by atoms with Gasteiger partial charge in [-0.3, -0.25) is 0 Å². The summed E-state index contributed by atoms with van der Waals surface area (Å²) in [6.45, 7) is 0. The van der Waals surface area contributed by atoms with Crippen molar-refractivity contribution >= 4 is 76.2 Å². The number of aryl methyl sites for hydroxylation is 2. The minimum Gasteiger partial charge on any atom is -0.456 e. The van der Waals surface area contributed by atoms with Gasteiger partial charge in [0.1, 0.15) is 22.3 Å². The molecule has 0 N–H and O–H groups in total. The molecule has 0 saturated carbocycles. The maximum atomic E-state index is 6.44. The van der Waals surface area contributed by atoms with Crippen LogP contribution in [0.15, 0.2) is 154 Å². The molecule has 0 radical (unpaired) electrons. The first-order valence-corrected chi connectivity index (χ1v) is 16.5. The van der Waals surface area contributed by atoms with Gasteiger partial charge >= 0.3 is 0 Å². The van der Waals surface area contributed by atoms with E-state index >= 15 is 0 Å². The summed E-state index contributed by atoms with van der Waals surface area (Å²) in [4.78, 5) is 0. The van der Waals surface area contributed by atoms with Crippen molar-refractivity contribution in [3.63, 3.8) is 0 Å². The lowest BCUT2D eigenvalue weighted by Gasteiger charge is -2.18. The Kier molecular flexibility index (Phi) is 5.80. The zero-order valence-corrected chi connectivity index (χ0v) is 25.8. The second-order valence-electron chi connectivity index (χ2n) is 12.7. The molecule has 0 aliphatic carbocycles. The van der Waals surface area contributed by atoms with Crippen molar-refractivity contribution < 1.29 is 8.83 Å². The number of furan rings is 2. The molecule has 0 aliphatic heterocycles. The molecule has 222 valence electrons. The number of benzene rings is 8. The Labute approximate surface area is 271 Å². The molecule has 0 aliphatic rings. The fourth-order valence-electron chi connectivity index (χ4n) is 8.00. The monoisotopic (exact) mass is 602 g/mol. The molecule has 2 heterocycles. The molecule has 8 aromatic carbocycles. The second kappa shape index (κ2) is 10.3. The highest BCUT2D eigenvalue weighted by molar-refractivity contribution is 6.26. The predicted molar refractivity (Wildman–Crippen MR) is 197 cm³/mol. The molecular formula is C45H30O2. The Balaban J connectivity index is 1.09. The topological polar surface area (TPSA) is 26.3 Å². The second-order valence-corrected chi connectivity index (χ2v) is 12.7. The Morgan fingerprint density at radius 2 is 0.979 bits per heavy atom. The summed E-state index contributed by atoms with van der Waals surface area (Å²) in [7, 11) is 0. The summed E-state index contributed by atoms with van der Waals surface area (Å²) in [5.74, 6) is 0. The zero-order valence-electron chi connectivity index (χ0n) is 25.8. The van der Waals surface area contributed by atoms with Crippen molar-refractivity contribution in [3.05, 3.63) is 157 Å². The standard InChI is InChI=1S/C45H30O2/c1-2-12-30-27-31(24-23-28(30)11-1)42-35-17-5-3-15-33(35)32(34-16-4-6-18-36(34)42)20-9-13-29-14-10-22-39-43(29)45-41(47-39)26-25-40-44(45)37-19-7-8-21-38(37)46-40/h1-8,10-12,14-19,21-27H,9,13,20H2. The van der Waals surface area contributed by atoms with E-state index in [1.807, 2.05) is 18.2 Å². The van der Waals surface area contributed by atoms with Crippen LogP contribution in [0.25, 0.3) is 87.3 Å². The minimum atomic E-state index is 0.903. The Hall–Kier alpha value is -5.86. The molecule has 0 atom stereocenters. The molecule has 10 rings (SSSR count). The molecule has 0 bridgehead atoms. The first-order valence-electron chi connectivity index (χ1n) is 16.5. The lowest BCUT2D eigenvalue weighted by atomic mass is 9.86. The van der Waals surface area contributed by atoms with Crippen molar-refractivity contribution in [2.45, 2.75) is 19.3 Å². The third kappa shape index (κ3) is 4.05. The molecule has 0 fully saturated rings. The quantitative estimate of drug-likeness (QED) is 0.183. The first-order chi connectivity index (χ1) is 23.3. The van der Waals surface area contributed by atoms with Gasteiger partial charge in [-0.25, -0.2) is 0 Å². The highest BCUT2D eigenvalue weighted by Crippen LogP contribution is 2.43. The molecule has 0 spiro atoms. The fraction of sp³-hybridized carbons (Fsp3) is 0.0667. The molecule has 2 aromatic heterocycles. The van der Waals surface area contributed by atoms with Gasteiger partial charge in [-0.05, 0) is 104 Å². The van der Waals surface area contributed by atoms with E-state index in [1.54, 1.807) is 0 Å². The van der Waals surface area contributed by atoms with Crippen molar-refractivity contribution in [2.75, 3.05) is 0 Å². The number of hydrogen-bond donors (Lipinski definition) is 0. The normalized spacial score (nSPS) is 12.1. The SMILES string of the molecule is c1ccc2cc(-c3c4ccccc4c(CCCc4cccc5oc6ccc7oc8ccccc8c7c6c45)c4ccccc34)ccc2c1. The van der Waals surface area contributed by atoms with Crippen LogP contribution in [-0.2, 0) is 12.8 Å². The van der Waals surface area contributed by atoms with E-state index in [4.69, 9.17) is 8.83 Å². The average molecular weight is 603 g/mol. The van der Waals surface area contributed by atoms with Gasteiger partial charge < -0.3 is 8.83 Å². The number of hydrogen-bond acceptors (Lipinski definition) is 2. The van der Waals surface area contributed by atoms with E-state index in [0.29, 0.717) is 0 Å². The third-order valence-electron chi connectivity index (χ3n) is 10.0. The lowest BCUT2D eigenvalue weighted by Crippen LogP contribution is -1.96. The molecule has 0 amide bonds. The highest BCUT2D eigenvalue weighted by atomic mass is 16.3. The molecule has 47 heavy (non-hydrogen) atoms. The molecule has 0 unspecified atom stereocenters. The number of fused-ring (bicyclic) bond motifs is 10. The van der Waals surface area contributed by atoms with E-state index in [2.05, 4.69) is 127 Å². The summed E-state index contributed by atoms with van der Waals surface area (Å²) in [6, 6.07) is 52.4. The van der Waals surface area contributed by atoms with Crippen LogP contribution in [-0.4, -0.2) is 0 Å². The Morgan fingerprint density at radius 1 is 0.383 bits per heavy atom. The van der Waals surface area contributed by atoms with Gasteiger partial charge in [0, 0.05) is 21.5 Å². The third-order valence-corrected chi connectivity index (χ3v) is 10.0. The molecule has 10 aromatic rings. The van der Waals surface area contributed by atoms with Gasteiger partial charge in [0.05, 0.1) is 0 Å². The van der Waals surface area contributed by atoms with Crippen LogP contribution in [0.5, 0.6) is 0 Å². The van der Waals surface area contributed by atoms with E-state index in [9.17, 15) is 0 Å². The molecule has 2 nitrogen and oxygen atoms in total. The van der Waals surface area contributed by atoms with Crippen LogP contribution < -0.4 is 0 Å². The van der Waals surface area contributed by atoms with Gasteiger partial charge in [-0.1, -0.05) is 115 Å². The van der Waals surface area contributed by atoms with Crippen molar-refractivity contribution in [1.29, 1.82) is 0 Å². The summed E-state index contributed by atoms with van der Waals surface area (Å²) < 4.78 is 12.7. The van der Waals surface area contributed by atoms with Crippen molar-refractivity contribution in [1.82, 2.24) is 0 Å².